The molecule has 0 heterocycles. The number of anilines is 1. The Labute approximate surface area is 123 Å². The Kier molecular flexibility index (Phi) is 5.16. The molecule has 0 unspecified atom stereocenters. The second-order valence-corrected chi connectivity index (χ2v) is 5.10. The third-order valence-electron chi connectivity index (χ3n) is 3.45. The first-order chi connectivity index (χ1) is 10.1. The molecule has 2 rings (SSSR count). The Morgan fingerprint density at radius 3 is 2.71 bits per heavy atom. The molecular weight excluding hydrogens is 272 g/mol. The Balaban J connectivity index is 1.77. The fraction of sp³-hybridized carbons (Fsp3) is 0.467. The Morgan fingerprint density at radius 1 is 1.33 bits per heavy atom. The van der Waals surface area contributed by atoms with Gasteiger partial charge < -0.3 is 20.5 Å². The van der Waals surface area contributed by atoms with E-state index in [1.165, 1.54) is 7.11 Å². The maximum absolute atomic E-state index is 11.8. The number of benzene rings is 1. The van der Waals surface area contributed by atoms with E-state index in [9.17, 15) is 14.7 Å². The van der Waals surface area contributed by atoms with Gasteiger partial charge in [-0.25, -0.2) is 0 Å². The van der Waals surface area contributed by atoms with Gasteiger partial charge in [0.05, 0.1) is 18.9 Å². The molecule has 1 saturated carbocycles. The summed E-state index contributed by atoms with van der Waals surface area (Å²) in [6.07, 6.45) is 2.17. The van der Waals surface area contributed by atoms with Gasteiger partial charge >= 0.3 is 11.8 Å². The highest BCUT2D eigenvalue weighted by molar-refractivity contribution is 6.39. The van der Waals surface area contributed by atoms with Crippen molar-refractivity contribution in [3.63, 3.8) is 0 Å². The molecular formula is C15H20N2O4. The Morgan fingerprint density at radius 2 is 2.05 bits per heavy atom. The van der Waals surface area contributed by atoms with E-state index in [0.29, 0.717) is 23.8 Å². The molecule has 114 valence electrons. The summed E-state index contributed by atoms with van der Waals surface area (Å²) in [6.45, 7) is 0.288. The van der Waals surface area contributed by atoms with E-state index in [4.69, 9.17) is 4.74 Å². The van der Waals surface area contributed by atoms with E-state index in [1.807, 2.05) is 0 Å². The number of ether oxygens (including phenoxy) is 1. The summed E-state index contributed by atoms with van der Waals surface area (Å²) in [5, 5.41) is 14.7. The van der Waals surface area contributed by atoms with E-state index >= 15 is 0 Å². The first-order valence-corrected chi connectivity index (χ1v) is 7.02. The molecule has 1 fully saturated rings. The summed E-state index contributed by atoms with van der Waals surface area (Å²) in [6, 6.07) is 6.86. The third kappa shape index (κ3) is 4.46. The highest BCUT2D eigenvalue weighted by Crippen LogP contribution is 2.33. The van der Waals surface area contributed by atoms with E-state index in [0.717, 1.165) is 12.8 Å². The monoisotopic (exact) mass is 292 g/mol. The Bertz CT molecular complexity index is 514. The quantitative estimate of drug-likeness (QED) is 0.680. The van der Waals surface area contributed by atoms with Crippen LogP contribution in [-0.2, 0) is 9.59 Å². The Hall–Kier alpha value is -2.08. The van der Waals surface area contributed by atoms with Gasteiger partial charge in [-0.1, -0.05) is 12.1 Å². The molecule has 0 aromatic heterocycles. The van der Waals surface area contributed by atoms with Crippen molar-refractivity contribution in [3.8, 4) is 5.75 Å². The molecule has 0 bridgehead atoms. The van der Waals surface area contributed by atoms with Crippen molar-refractivity contribution < 1.29 is 19.4 Å². The number of aliphatic hydroxyl groups excluding tert-OH is 1. The van der Waals surface area contributed by atoms with Crippen molar-refractivity contribution in [2.24, 2.45) is 5.92 Å². The van der Waals surface area contributed by atoms with Crippen LogP contribution >= 0.6 is 0 Å². The summed E-state index contributed by atoms with van der Waals surface area (Å²) in [5.74, 6) is -0.614. The predicted octanol–water partition coefficient (Wildman–Crippen LogP) is 0.911. The van der Waals surface area contributed by atoms with E-state index in [1.54, 1.807) is 24.3 Å². The minimum Gasteiger partial charge on any atom is -0.495 e. The van der Waals surface area contributed by atoms with Crippen LogP contribution in [0.2, 0.25) is 0 Å². The van der Waals surface area contributed by atoms with Gasteiger partial charge in [0.25, 0.3) is 0 Å². The molecule has 0 saturated heterocycles. The smallest absolute Gasteiger partial charge is 0.313 e. The van der Waals surface area contributed by atoms with Crippen molar-refractivity contribution in [2.45, 2.75) is 25.4 Å². The number of nitrogens with one attached hydrogen (secondary N) is 2. The molecule has 0 aliphatic heterocycles. The number of carbonyl (C=O) groups excluding carboxylic acids is 2. The fourth-order valence-electron chi connectivity index (χ4n) is 2.06. The lowest BCUT2D eigenvalue weighted by Gasteiger charge is -2.11. The first kappa shape index (κ1) is 15.3. The molecule has 6 nitrogen and oxygen atoms in total. The van der Waals surface area contributed by atoms with Crippen LogP contribution in [0.4, 0.5) is 5.69 Å². The molecule has 0 radical (unpaired) electrons. The van der Waals surface area contributed by atoms with Gasteiger partial charge in [-0.2, -0.15) is 0 Å². The lowest BCUT2D eigenvalue weighted by atomic mass is 10.2. The number of amides is 2. The third-order valence-corrected chi connectivity index (χ3v) is 3.45. The normalized spacial score (nSPS) is 15.1. The van der Waals surface area contributed by atoms with Crippen LogP contribution in [0.1, 0.15) is 19.3 Å². The average Bonchev–Trinajstić information content (AvgIpc) is 3.32. The van der Waals surface area contributed by atoms with E-state index < -0.39 is 11.8 Å². The number of aliphatic hydroxyl groups is 1. The molecule has 0 spiro atoms. The molecule has 1 aromatic rings. The molecule has 1 aliphatic rings. The number of methoxy groups -OCH3 is 1. The van der Waals surface area contributed by atoms with E-state index in [-0.39, 0.29) is 12.6 Å². The van der Waals surface area contributed by atoms with Gasteiger partial charge in [0, 0.05) is 6.54 Å². The standard InChI is InChI=1S/C15H20N2O4/c1-21-13-5-3-2-4-11(13)17-15(20)14(19)16-9-8-12(18)10-6-7-10/h2-5,10,12,18H,6-9H2,1H3,(H,16,19)(H,17,20)/t12-/m1/s1. The highest BCUT2D eigenvalue weighted by atomic mass is 16.5. The topological polar surface area (TPSA) is 87.7 Å². The average molecular weight is 292 g/mol. The molecule has 6 heteroatoms. The number of hydrogen-bond donors (Lipinski definition) is 3. The molecule has 3 N–H and O–H groups in total. The molecule has 1 atom stereocenters. The van der Waals surface area contributed by atoms with Crippen LogP contribution in [0.5, 0.6) is 5.75 Å². The second kappa shape index (κ2) is 7.08. The molecule has 1 aromatic carbocycles. The lowest BCUT2D eigenvalue weighted by molar-refractivity contribution is -0.136. The summed E-state index contributed by atoms with van der Waals surface area (Å²) >= 11 is 0. The number of carbonyl (C=O) groups is 2. The largest absolute Gasteiger partial charge is 0.495 e. The van der Waals surface area contributed by atoms with Crippen molar-refractivity contribution in [2.75, 3.05) is 19.0 Å². The second-order valence-electron chi connectivity index (χ2n) is 5.10. The summed E-state index contributed by atoms with van der Waals surface area (Å²) in [7, 11) is 1.49. The van der Waals surface area contributed by atoms with Crippen molar-refractivity contribution in [3.05, 3.63) is 24.3 Å². The van der Waals surface area contributed by atoms with Crippen LogP contribution in [0, 0.1) is 5.92 Å². The highest BCUT2D eigenvalue weighted by Gasteiger charge is 2.29. The fourth-order valence-corrected chi connectivity index (χ4v) is 2.06. The van der Waals surface area contributed by atoms with Gasteiger partial charge in [-0.05, 0) is 37.3 Å². The van der Waals surface area contributed by atoms with Crippen LogP contribution < -0.4 is 15.4 Å². The van der Waals surface area contributed by atoms with Crippen LogP contribution in [0.3, 0.4) is 0 Å². The van der Waals surface area contributed by atoms with Gasteiger partial charge in [0.2, 0.25) is 0 Å². The molecule has 21 heavy (non-hydrogen) atoms. The van der Waals surface area contributed by atoms with Crippen molar-refractivity contribution in [1.82, 2.24) is 5.32 Å². The SMILES string of the molecule is COc1ccccc1NC(=O)C(=O)NCC[C@@H](O)C1CC1. The van der Waals surface area contributed by atoms with Gasteiger partial charge in [-0.3, -0.25) is 9.59 Å². The van der Waals surface area contributed by atoms with Crippen LogP contribution in [0.25, 0.3) is 0 Å². The van der Waals surface area contributed by atoms with Crippen LogP contribution in [0.15, 0.2) is 24.3 Å². The predicted molar refractivity (Wildman–Crippen MR) is 78.0 cm³/mol. The first-order valence-electron chi connectivity index (χ1n) is 7.02. The molecule has 2 amide bonds. The number of para-hydroxylation sites is 2. The summed E-state index contributed by atoms with van der Waals surface area (Å²) in [5.41, 5.74) is 0.443. The van der Waals surface area contributed by atoms with Crippen LogP contribution in [-0.4, -0.2) is 36.7 Å². The minimum absolute atomic E-state index is 0.288. The van der Waals surface area contributed by atoms with Crippen molar-refractivity contribution in [1.29, 1.82) is 0 Å². The maximum Gasteiger partial charge on any atom is 0.313 e. The lowest BCUT2D eigenvalue weighted by Crippen LogP contribution is -2.37. The zero-order valence-electron chi connectivity index (χ0n) is 12.0. The van der Waals surface area contributed by atoms with Gasteiger partial charge in [0.15, 0.2) is 0 Å². The number of hydrogen-bond acceptors (Lipinski definition) is 4. The number of rotatable bonds is 6. The maximum atomic E-state index is 11.8. The summed E-state index contributed by atoms with van der Waals surface area (Å²) < 4.78 is 5.09. The zero-order chi connectivity index (χ0) is 15.2. The van der Waals surface area contributed by atoms with E-state index in [2.05, 4.69) is 10.6 Å². The van der Waals surface area contributed by atoms with Gasteiger partial charge in [0.1, 0.15) is 5.75 Å². The summed E-state index contributed by atoms with van der Waals surface area (Å²) in [4.78, 5) is 23.4. The van der Waals surface area contributed by atoms with Crippen molar-refractivity contribution >= 4 is 17.5 Å². The minimum atomic E-state index is -0.750. The van der Waals surface area contributed by atoms with Gasteiger partial charge in [-0.15, -0.1) is 0 Å². The molecule has 1 aliphatic carbocycles. The zero-order valence-corrected chi connectivity index (χ0v) is 12.0.